The fraction of sp³-hybridized carbons (Fsp3) is 0.333. The maximum atomic E-state index is 10.4. The lowest BCUT2D eigenvalue weighted by Crippen LogP contribution is -1.98. The zero-order chi connectivity index (χ0) is 12.4. The SMILES string of the molecule is CCc1ccc(C(O)c2sc(C)cc2C)cc1. The number of aliphatic hydroxyl groups excluding tert-OH is 1. The maximum absolute atomic E-state index is 10.4. The lowest BCUT2D eigenvalue weighted by atomic mass is 10.0. The molecule has 2 aromatic rings. The quantitative estimate of drug-likeness (QED) is 0.867. The molecule has 0 fully saturated rings. The van der Waals surface area contributed by atoms with E-state index in [4.69, 9.17) is 0 Å². The Balaban J connectivity index is 2.30. The van der Waals surface area contributed by atoms with Crippen LogP contribution < -0.4 is 0 Å². The Bertz CT molecular complexity index is 496. The van der Waals surface area contributed by atoms with Gasteiger partial charge in [0.25, 0.3) is 0 Å². The van der Waals surface area contributed by atoms with E-state index in [0.717, 1.165) is 16.9 Å². The molecule has 0 saturated carbocycles. The van der Waals surface area contributed by atoms with Gasteiger partial charge in [0, 0.05) is 9.75 Å². The predicted octanol–water partition coefficient (Wildman–Crippen LogP) is 4.01. The van der Waals surface area contributed by atoms with Gasteiger partial charge in [-0.1, -0.05) is 31.2 Å². The number of thiophene rings is 1. The molecule has 2 heteroatoms. The zero-order valence-electron chi connectivity index (χ0n) is 10.5. The van der Waals surface area contributed by atoms with Crippen LogP contribution in [0.1, 0.15) is 39.5 Å². The molecule has 1 N–H and O–H groups in total. The first kappa shape index (κ1) is 12.3. The molecular formula is C15H18OS. The van der Waals surface area contributed by atoms with Gasteiger partial charge < -0.3 is 5.11 Å². The Morgan fingerprint density at radius 1 is 1.18 bits per heavy atom. The molecule has 0 spiro atoms. The molecule has 17 heavy (non-hydrogen) atoms. The van der Waals surface area contributed by atoms with Crippen LogP contribution in [0.5, 0.6) is 0 Å². The number of rotatable bonds is 3. The van der Waals surface area contributed by atoms with Crippen molar-refractivity contribution in [3.05, 3.63) is 56.8 Å². The molecule has 0 amide bonds. The first-order valence-corrected chi connectivity index (χ1v) is 6.77. The molecule has 1 aromatic heterocycles. The van der Waals surface area contributed by atoms with Gasteiger partial charge in [0.2, 0.25) is 0 Å². The Morgan fingerprint density at radius 2 is 1.82 bits per heavy atom. The van der Waals surface area contributed by atoms with Crippen molar-refractivity contribution < 1.29 is 5.11 Å². The van der Waals surface area contributed by atoms with Crippen molar-refractivity contribution in [2.75, 3.05) is 0 Å². The van der Waals surface area contributed by atoms with Gasteiger partial charge in [-0.3, -0.25) is 0 Å². The average molecular weight is 246 g/mol. The van der Waals surface area contributed by atoms with E-state index in [2.05, 4.69) is 39.0 Å². The molecule has 0 radical (unpaired) electrons. The fourth-order valence-corrected chi connectivity index (χ4v) is 3.07. The summed E-state index contributed by atoms with van der Waals surface area (Å²) in [6.45, 7) is 6.27. The van der Waals surface area contributed by atoms with Crippen LogP contribution in [0.3, 0.4) is 0 Å². The second-order valence-electron chi connectivity index (χ2n) is 4.40. The highest BCUT2D eigenvalue weighted by molar-refractivity contribution is 7.12. The minimum Gasteiger partial charge on any atom is -0.383 e. The van der Waals surface area contributed by atoms with E-state index in [1.54, 1.807) is 11.3 Å². The second-order valence-corrected chi connectivity index (χ2v) is 5.69. The molecule has 90 valence electrons. The van der Waals surface area contributed by atoms with Gasteiger partial charge in [-0.2, -0.15) is 0 Å². The van der Waals surface area contributed by atoms with Gasteiger partial charge >= 0.3 is 0 Å². The van der Waals surface area contributed by atoms with E-state index >= 15 is 0 Å². The molecule has 0 saturated heterocycles. The molecule has 1 unspecified atom stereocenters. The molecular weight excluding hydrogens is 228 g/mol. The highest BCUT2D eigenvalue weighted by Gasteiger charge is 2.15. The summed E-state index contributed by atoms with van der Waals surface area (Å²) in [5, 5.41) is 10.4. The summed E-state index contributed by atoms with van der Waals surface area (Å²) in [7, 11) is 0. The second kappa shape index (κ2) is 5.03. The zero-order valence-corrected chi connectivity index (χ0v) is 11.3. The smallest absolute Gasteiger partial charge is 0.113 e. The third kappa shape index (κ3) is 2.59. The summed E-state index contributed by atoms with van der Waals surface area (Å²) in [5.41, 5.74) is 3.46. The van der Waals surface area contributed by atoms with Crippen LogP contribution in [0, 0.1) is 13.8 Å². The van der Waals surface area contributed by atoms with Gasteiger partial charge in [0.1, 0.15) is 6.10 Å². The molecule has 0 aliphatic heterocycles. The van der Waals surface area contributed by atoms with Crippen molar-refractivity contribution in [1.29, 1.82) is 0 Å². The summed E-state index contributed by atoms with van der Waals surface area (Å²) in [5.74, 6) is 0. The van der Waals surface area contributed by atoms with Crippen LogP contribution in [0.25, 0.3) is 0 Å². The van der Waals surface area contributed by atoms with Crippen LogP contribution in [0.4, 0.5) is 0 Å². The standard InChI is InChI=1S/C15H18OS/c1-4-12-5-7-13(8-6-12)14(16)15-10(2)9-11(3)17-15/h5-9,14,16H,4H2,1-3H3. The molecule has 1 nitrogen and oxygen atoms in total. The summed E-state index contributed by atoms with van der Waals surface area (Å²) in [4.78, 5) is 2.31. The van der Waals surface area contributed by atoms with Crippen LogP contribution in [0.2, 0.25) is 0 Å². The van der Waals surface area contributed by atoms with Gasteiger partial charge in [-0.25, -0.2) is 0 Å². The predicted molar refractivity (Wildman–Crippen MR) is 73.7 cm³/mol. The maximum Gasteiger partial charge on any atom is 0.113 e. The molecule has 0 aliphatic carbocycles. The largest absolute Gasteiger partial charge is 0.383 e. The number of aryl methyl sites for hydroxylation is 3. The third-order valence-electron chi connectivity index (χ3n) is 3.03. The molecule has 1 heterocycles. The average Bonchev–Trinajstić information content (AvgIpc) is 2.68. The first-order valence-electron chi connectivity index (χ1n) is 5.95. The van der Waals surface area contributed by atoms with E-state index in [0.29, 0.717) is 0 Å². The van der Waals surface area contributed by atoms with Crippen molar-refractivity contribution in [2.24, 2.45) is 0 Å². The summed E-state index contributed by atoms with van der Waals surface area (Å²) in [6, 6.07) is 10.4. The third-order valence-corrected chi connectivity index (χ3v) is 4.24. The Hall–Kier alpha value is -1.12. The van der Waals surface area contributed by atoms with Gasteiger partial charge in [0.05, 0.1) is 0 Å². The topological polar surface area (TPSA) is 20.2 Å². The lowest BCUT2D eigenvalue weighted by Gasteiger charge is -2.11. The highest BCUT2D eigenvalue weighted by atomic mass is 32.1. The molecule has 2 rings (SSSR count). The van der Waals surface area contributed by atoms with Crippen molar-refractivity contribution in [1.82, 2.24) is 0 Å². The van der Waals surface area contributed by atoms with E-state index < -0.39 is 6.10 Å². The fourth-order valence-electron chi connectivity index (χ4n) is 2.02. The summed E-state index contributed by atoms with van der Waals surface area (Å²) < 4.78 is 0. The van der Waals surface area contributed by atoms with E-state index in [-0.39, 0.29) is 0 Å². The van der Waals surface area contributed by atoms with Crippen molar-refractivity contribution in [3.8, 4) is 0 Å². The number of aliphatic hydroxyl groups is 1. The first-order chi connectivity index (χ1) is 8.11. The Kier molecular flexibility index (Phi) is 3.65. The van der Waals surface area contributed by atoms with Gasteiger partial charge in [-0.15, -0.1) is 11.3 Å². The molecule has 1 aromatic carbocycles. The Labute approximate surface area is 107 Å². The summed E-state index contributed by atoms with van der Waals surface area (Å²) >= 11 is 1.68. The van der Waals surface area contributed by atoms with Gasteiger partial charge in [-0.05, 0) is 43.0 Å². The van der Waals surface area contributed by atoms with Crippen LogP contribution in [0.15, 0.2) is 30.3 Å². The summed E-state index contributed by atoms with van der Waals surface area (Å²) in [6.07, 6.45) is 0.549. The van der Waals surface area contributed by atoms with Crippen molar-refractivity contribution >= 4 is 11.3 Å². The normalized spacial score (nSPS) is 12.7. The van der Waals surface area contributed by atoms with Crippen LogP contribution >= 0.6 is 11.3 Å². The van der Waals surface area contributed by atoms with E-state index in [1.807, 2.05) is 12.1 Å². The van der Waals surface area contributed by atoms with Crippen LogP contribution in [-0.4, -0.2) is 5.11 Å². The lowest BCUT2D eigenvalue weighted by molar-refractivity contribution is 0.223. The van der Waals surface area contributed by atoms with Crippen molar-refractivity contribution in [3.63, 3.8) is 0 Å². The Morgan fingerprint density at radius 3 is 2.29 bits per heavy atom. The number of hydrogen-bond donors (Lipinski definition) is 1. The number of benzene rings is 1. The molecule has 0 aliphatic rings. The monoisotopic (exact) mass is 246 g/mol. The highest BCUT2D eigenvalue weighted by Crippen LogP contribution is 2.31. The molecule has 0 bridgehead atoms. The van der Waals surface area contributed by atoms with Crippen molar-refractivity contribution in [2.45, 2.75) is 33.3 Å². The van der Waals surface area contributed by atoms with E-state index in [9.17, 15) is 5.11 Å². The number of hydrogen-bond acceptors (Lipinski definition) is 2. The van der Waals surface area contributed by atoms with Gasteiger partial charge in [0.15, 0.2) is 0 Å². The molecule has 1 atom stereocenters. The van der Waals surface area contributed by atoms with Crippen LogP contribution in [-0.2, 0) is 6.42 Å². The minimum atomic E-state index is -0.486. The van der Waals surface area contributed by atoms with E-state index in [1.165, 1.54) is 16.0 Å². The minimum absolute atomic E-state index is 0.486.